The van der Waals surface area contributed by atoms with Gasteiger partial charge in [-0.3, -0.25) is 0 Å². The highest BCUT2D eigenvalue weighted by Crippen LogP contribution is 2.19. The predicted molar refractivity (Wildman–Crippen MR) is 58.7 cm³/mol. The number of furan rings is 1. The molecule has 16 heavy (non-hydrogen) atoms. The van der Waals surface area contributed by atoms with E-state index in [-0.39, 0.29) is 6.04 Å². The van der Waals surface area contributed by atoms with Gasteiger partial charge in [0.05, 0.1) is 5.56 Å². The number of rotatable bonds is 4. The van der Waals surface area contributed by atoms with Crippen molar-refractivity contribution in [3.63, 3.8) is 0 Å². The number of aryl methyl sites for hydroxylation is 1. The smallest absolute Gasteiger partial charge is 0.261 e. The van der Waals surface area contributed by atoms with Crippen LogP contribution in [0, 0.1) is 6.92 Å². The summed E-state index contributed by atoms with van der Waals surface area (Å²) in [7, 11) is 0. The maximum atomic E-state index is 5.82. The Balaban J connectivity index is 2.13. The van der Waals surface area contributed by atoms with E-state index in [1.165, 1.54) is 0 Å². The summed E-state index contributed by atoms with van der Waals surface area (Å²) in [6, 6.07) is 1.94. The molecule has 2 rings (SSSR count). The molecule has 2 aromatic rings. The summed E-state index contributed by atoms with van der Waals surface area (Å²) in [5.41, 5.74) is 6.62. The maximum Gasteiger partial charge on any atom is 0.261 e. The molecule has 5 nitrogen and oxygen atoms in total. The quantitative estimate of drug-likeness (QED) is 0.853. The minimum Gasteiger partial charge on any atom is -0.469 e. The van der Waals surface area contributed by atoms with Gasteiger partial charge >= 0.3 is 0 Å². The van der Waals surface area contributed by atoms with Crippen LogP contribution in [-0.4, -0.2) is 16.2 Å². The number of nitrogens with zero attached hydrogens (tertiary/aromatic N) is 2. The van der Waals surface area contributed by atoms with Crippen molar-refractivity contribution in [3.8, 4) is 11.5 Å². The molecule has 2 aromatic heterocycles. The first-order chi connectivity index (χ1) is 7.69. The average molecular weight is 221 g/mol. The van der Waals surface area contributed by atoms with E-state index in [9.17, 15) is 0 Å². The van der Waals surface area contributed by atoms with E-state index in [1.807, 2.05) is 19.9 Å². The normalized spacial score (nSPS) is 12.9. The van der Waals surface area contributed by atoms with Gasteiger partial charge in [-0.2, -0.15) is 4.98 Å². The second kappa shape index (κ2) is 4.49. The fraction of sp³-hybridized carbons (Fsp3) is 0.455. The molecule has 2 heterocycles. The third-order valence-corrected chi connectivity index (χ3v) is 2.41. The number of hydrogen-bond donors (Lipinski definition) is 1. The van der Waals surface area contributed by atoms with Crippen molar-refractivity contribution in [2.45, 2.75) is 32.7 Å². The summed E-state index contributed by atoms with van der Waals surface area (Å²) in [6.07, 6.45) is 3.14. The largest absolute Gasteiger partial charge is 0.469 e. The lowest BCUT2D eigenvalue weighted by atomic mass is 10.2. The molecule has 0 saturated carbocycles. The summed E-state index contributed by atoms with van der Waals surface area (Å²) in [5.74, 6) is 1.94. The SMILES string of the molecule is CCC(N)Cc1noc(-c2coc(C)c2)n1. The van der Waals surface area contributed by atoms with E-state index in [2.05, 4.69) is 10.1 Å². The van der Waals surface area contributed by atoms with Gasteiger partial charge in [0, 0.05) is 12.5 Å². The third kappa shape index (κ3) is 2.30. The molecule has 2 N–H and O–H groups in total. The molecule has 0 aromatic carbocycles. The van der Waals surface area contributed by atoms with Crippen LogP contribution in [0.1, 0.15) is 24.9 Å². The molecule has 0 bridgehead atoms. The molecule has 0 aliphatic heterocycles. The molecule has 0 fully saturated rings. The van der Waals surface area contributed by atoms with E-state index in [0.717, 1.165) is 17.7 Å². The van der Waals surface area contributed by atoms with Gasteiger partial charge in [-0.15, -0.1) is 0 Å². The Morgan fingerprint density at radius 2 is 2.31 bits per heavy atom. The average Bonchev–Trinajstić information content (AvgIpc) is 2.87. The van der Waals surface area contributed by atoms with Crippen LogP contribution in [0.4, 0.5) is 0 Å². The summed E-state index contributed by atoms with van der Waals surface area (Å²) in [4.78, 5) is 4.26. The predicted octanol–water partition coefficient (Wildman–Crippen LogP) is 1.92. The fourth-order valence-corrected chi connectivity index (χ4v) is 1.39. The van der Waals surface area contributed by atoms with Crippen LogP contribution in [0.15, 0.2) is 21.3 Å². The molecule has 0 amide bonds. The highest BCUT2D eigenvalue weighted by molar-refractivity contribution is 5.51. The zero-order valence-electron chi connectivity index (χ0n) is 9.43. The number of aromatic nitrogens is 2. The standard InChI is InChI=1S/C11H15N3O2/c1-3-9(12)5-10-13-11(16-14-10)8-4-7(2)15-6-8/h4,6,9H,3,5,12H2,1-2H3. The van der Waals surface area contributed by atoms with Crippen LogP contribution in [0.3, 0.4) is 0 Å². The lowest BCUT2D eigenvalue weighted by Gasteiger charge is -2.02. The van der Waals surface area contributed by atoms with Crippen molar-refractivity contribution in [1.29, 1.82) is 0 Å². The van der Waals surface area contributed by atoms with Crippen LogP contribution < -0.4 is 5.73 Å². The molecular weight excluding hydrogens is 206 g/mol. The second-order valence-electron chi connectivity index (χ2n) is 3.83. The Hall–Kier alpha value is -1.62. The molecule has 1 atom stereocenters. The Kier molecular flexibility index (Phi) is 3.05. The van der Waals surface area contributed by atoms with Crippen molar-refractivity contribution in [1.82, 2.24) is 10.1 Å². The van der Waals surface area contributed by atoms with Gasteiger partial charge < -0.3 is 14.7 Å². The van der Waals surface area contributed by atoms with Crippen LogP contribution in [0.5, 0.6) is 0 Å². The van der Waals surface area contributed by atoms with Crippen LogP contribution in [0.25, 0.3) is 11.5 Å². The molecule has 0 radical (unpaired) electrons. The summed E-state index contributed by atoms with van der Waals surface area (Å²) in [5, 5.41) is 3.88. The van der Waals surface area contributed by atoms with Gasteiger partial charge in [-0.05, 0) is 19.4 Å². The molecule has 0 aliphatic rings. The zero-order valence-corrected chi connectivity index (χ0v) is 9.43. The Bertz CT molecular complexity index is 461. The minimum atomic E-state index is 0.0801. The highest BCUT2D eigenvalue weighted by atomic mass is 16.5. The first-order valence-electron chi connectivity index (χ1n) is 5.32. The van der Waals surface area contributed by atoms with Gasteiger partial charge in [0.15, 0.2) is 5.82 Å². The molecular formula is C11H15N3O2. The zero-order chi connectivity index (χ0) is 11.5. The van der Waals surface area contributed by atoms with Gasteiger partial charge in [0.2, 0.25) is 0 Å². The van der Waals surface area contributed by atoms with Crippen LogP contribution >= 0.6 is 0 Å². The van der Waals surface area contributed by atoms with Crippen molar-refractivity contribution in [2.75, 3.05) is 0 Å². The lowest BCUT2D eigenvalue weighted by Crippen LogP contribution is -2.21. The molecule has 1 unspecified atom stereocenters. The summed E-state index contributed by atoms with van der Waals surface area (Å²) in [6.45, 7) is 3.90. The molecule has 86 valence electrons. The maximum absolute atomic E-state index is 5.82. The number of nitrogens with two attached hydrogens (primary N) is 1. The van der Waals surface area contributed by atoms with E-state index < -0.39 is 0 Å². The Morgan fingerprint density at radius 3 is 2.94 bits per heavy atom. The second-order valence-corrected chi connectivity index (χ2v) is 3.83. The highest BCUT2D eigenvalue weighted by Gasteiger charge is 2.12. The van der Waals surface area contributed by atoms with Crippen LogP contribution in [-0.2, 0) is 6.42 Å². The van der Waals surface area contributed by atoms with E-state index in [0.29, 0.717) is 18.1 Å². The Morgan fingerprint density at radius 1 is 1.50 bits per heavy atom. The van der Waals surface area contributed by atoms with E-state index in [4.69, 9.17) is 14.7 Å². The lowest BCUT2D eigenvalue weighted by molar-refractivity contribution is 0.418. The van der Waals surface area contributed by atoms with Crippen molar-refractivity contribution in [2.24, 2.45) is 5.73 Å². The van der Waals surface area contributed by atoms with Gasteiger partial charge in [0.1, 0.15) is 12.0 Å². The molecule has 0 spiro atoms. The molecule has 0 aliphatic carbocycles. The van der Waals surface area contributed by atoms with Crippen molar-refractivity contribution < 1.29 is 8.94 Å². The van der Waals surface area contributed by atoms with Crippen molar-refractivity contribution in [3.05, 3.63) is 23.9 Å². The van der Waals surface area contributed by atoms with Crippen LogP contribution in [0.2, 0.25) is 0 Å². The topological polar surface area (TPSA) is 78.1 Å². The van der Waals surface area contributed by atoms with Gasteiger partial charge in [-0.1, -0.05) is 12.1 Å². The molecule has 5 heteroatoms. The van der Waals surface area contributed by atoms with E-state index >= 15 is 0 Å². The minimum absolute atomic E-state index is 0.0801. The van der Waals surface area contributed by atoms with Crippen molar-refractivity contribution >= 4 is 0 Å². The first kappa shape index (κ1) is 10.9. The Labute approximate surface area is 93.6 Å². The van der Waals surface area contributed by atoms with E-state index in [1.54, 1.807) is 6.26 Å². The summed E-state index contributed by atoms with van der Waals surface area (Å²) < 4.78 is 10.3. The molecule has 0 saturated heterocycles. The third-order valence-electron chi connectivity index (χ3n) is 2.41. The van der Waals surface area contributed by atoms with Gasteiger partial charge in [0.25, 0.3) is 5.89 Å². The number of hydrogen-bond acceptors (Lipinski definition) is 5. The summed E-state index contributed by atoms with van der Waals surface area (Å²) >= 11 is 0. The first-order valence-corrected chi connectivity index (χ1v) is 5.32. The fourth-order valence-electron chi connectivity index (χ4n) is 1.39. The van der Waals surface area contributed by atoms with Gasteiger partial charge in [-0.25, -0.2) is 0 Å². The monoisotopic (exact) mass is 221 g/mol.